The van der Waals surface area contributed by atoms with Crippen molar-refractivity contribution in [1.29, 1.82) is 0 Å². The van der Waals surface area contributed by atoms with Gasteiger partial charge in [0.05, 0.1) is 18.3 Å². The highest BCUT2D eigenvalue weighted by Crippen LogP contribution is 2.34. The van der Waals surface area contributed by atoms with Crippen LogP contribution in [0.15, 0.2) is 0 Å². The minimum absolute atomic E-state index is 0.0420. The molecule has 4 rings (SSSR count). The summed E-state index contributed by atoms with van der Waals surface area (Å²) in [6.07, 6.45) is 9.84. The fraction of sp³-hybridized carbons (Fsp3) is 0.792. The molecule has 1 spiro atoms. The average molecular weight is 430 g/mol. The summed E-state index contributed by atoms with van der Waals surface area (Å²) in [6, 6.07) is 0.551. The third kappa shape index (κ3) is 4.26. The maximum atomic E-state index is 12.9. The van der Waals surface area contributed by atoms with E-state index in [1.165, 1.54) is 43.4 Å². The van der Waals surface area contributed by atoms with Crippen LogP contribution in [-0.2, 0) is 16.1 Å². The predicted molar refractivity (Wildman–Crippen MR) is 121 cm³/mol. The third-order valence-corrected chi connectivity index (χ3v) is 7.84. The molecule has 7 heteroatoms. The number of nitrogens with one attached hydrogen (secondary N) is 1. The minimum Gasteiger partial charge on any atom is -0.345 e. The van der Waals surface area contributed by atoms with Gasteiger partial charge >= 0.3 is 0 Å². The van der Waals surface area contributed by atoms with Gasteiger partial charge in [0.15, 0.2) is 0 Å². The number of carbonyl (C=O) groups excluding carboxylic acids is 2. The van der Waals surface area contributed by atoms with Crippen LogP contribution in [0, 0.1) is 13.8 Å². The zero-order valence-corrected chi connectivity index (χ0v) is 19.6. The van der Waals surface area contributed by atoms with Gasteiger partial charge in [-0.25, -0.2) is 0 Å². The van der Waals surface area contributed by atoms with Gasteiger partial charge < -0.3 is 10.2 Å². The van der Waals surface area contributed by atoms with Crippen molar-refractivity contribution in [2.75, 3.05) is 26.2 Å². The van der Waals surface area contributed by atoms with E-state index in [2.05, 4.69) is 35.7 Å². The number of rotatable bonds is 6. The summed E-state index contributed by atoms with van der Waals surface area (Å²) in [5, 5.41) is 7.78. The summed E-state index contributed by atoms with van der Waals surface area (Å²) in [5.41, 5.74) is 3.13. The zero-order valence-electron chi connectivity index (χ0n) is 19.6. The van der Waals surface area contributed by atoms with Gasteiger partial charge in [0.1, 0.15) is 5.54 Å². The number of amides is 2. The van der Waals surface area contributed by atoms with Crippen LogP contribution in [0.25, 0.3) is 0 Å². The maximum Gasteiger partial charge on any atom is 0.246 e. The minimum atomic E-state index is -0.655. The first kappa shape index (κ1) is 22.3. The quantitative estimate of drug-likeness (QED) is 0.754. The Morgan fingerprint density at radius 1 is 1.10 bits per heavy atom. The SMILES string of the molecule is CCCCN1C(=O)CNC(=O)C12CCN(Cc1c(C)nn(C3CCCCC3)c1C)CC2. The molecule has 2 aliphatic heterocycles. The van der Waals surface area contributed by atoms with Gasteiger partial charge in [0, 0.05) is 37.4 Å². The molecule has 31 heavy (non-hydrogen) atoms. The standard InChI is InChI=1S/C24H39N5O2/c1-4-5-13-28-22(30)16-25-23(31)24(28)11-14-27(15-12-24)17-21-18(2)26-29(19(21)3)20-9-7-6-8-10-20/h20H,4-17H2,1-3H3,(H,25,31). The molecule has 0 radical (unpaired) electrons. The van der Waals surface area contributed by atoms with Crippen LogP contribution in [0.1, 0.15) is 87.7 Å². The summed E-state index contributed by atoms with van der Waals surface area (Å²) in [5.74, 6) is 0.113. The monoisotopic (exact) mass is 429 g/mol. The largest absolute Gasteiger partial charge is 0.345 e. The van der Waals surface area contributed by atoms with Crippen LogP contribution >= 0.6 is 0 Å². The molecule has 172 valence electrons. The number of nitrogens with zero attached hydrogens (tertiary/aromatic N) is 4. The zero-order chi connectivity index (χ0) is 22.0. The number of hydrogen-bond donors (Lipinski definition) is 1. The first-order valence-electron chi connectivity index (χ1n) is 12.3. The Kier molecular flexibility index (Phi) is 6.70. The van der Waals surface area contributed by atoms with Crippen LogP contribution < -0.4 is 5.32 Å². The second kappa shape index (κ2) is 9.31. The Balaban J connectivity index is 1.45. The number of aromatic nitrogens is 2. The van der Waals surface area contributed by atoms with E-state index >= 15 is 0 Å². The van der Waals surface area contributed by atoms with E-state index in [-0.39, 0.29) is 18.4 Å². The molecule has 0 bridgehead atoms. The van der Waals surface area contributed by atoms with Gasteiger partial charge in [-0.2, -0.15) is 5.10 Å². The van der Waals surface area contributed by atoms with Crippen molar-refractivity contribution in [3.63, 3.8) is 0 Å². The summed E-state index contributed by atoms with van der Waals surface area (Å²) in [6.45, 7) is 9.85. The molecule has 2 saturated heterocycles. The highest BCUT2D eigenvalue weighted by molar-refractivity contribution is 5.98. The number of unbranched alkanes of at least 4 members (excludes halogenated alkanes) is 1. The lowest BCUT2D eigenvalue weighted by atomic mass is 9.82. The first-order chi connectivity index (χ1) is 15.0. The molecule has 1 aromatic heterocycles. The Morgan fingerprint density at radius 2 is 1.81 bits per heavy atom. The number of piperidine rings is 1. The molecule has 2 amide bonds. The third-order valence-electron chi connectivity index (χ3n) is 7.84. The summed E-state index contributed by atoms with van der Waals surface area (Å²) >= 11 is 0. The summed E-state index contributed by atoms with van der Waals surface area (Å²) < 4.78 is 2.29. The maximum absolute atomic E-state index is 12.9. The fourth-order valence-electron chi connectivity index (χ4n) is 5.84. The van der Waals surface area contributed by atoms with Crippen molar-refractivity contribution in [1.82, 2.24) is 24.9 Å². The molecular weight excluding hydrogens is 390 g/mol. The first-order valence-corrected chi connectivity index (χ1v) is 12.3. The smallest absolute Gasteiger partial charge is 0.246 e. The van der Waals surface area contributed by atoms with Gasteiger partial charge in [-0.3, -0.25) is 19.2 Å². The van der Waals surface area contributed by atoms with Crippen molar-refractivity contribution < 1.29 is 9.59 Å². The molecule has 0 atom stereocenters. The second-order valence-corrected chi connectivity index (χ2v) is 9.78. The van der Waals surface area contributed by atoms with E-state index in [9.17, 15) is 9.59 Å². The Morgan fingerprint density at radius 3 is 2.48 bits per heavy atom. The van der Waals surface area contributed by atoms with Crippen LogP contribution in [0.4, 0.5) is 0 Å². The number of likely N-dealkylation sites (tertiary alicyclic amines) is 1. The van der Waals surface area contributed by atoms with Gasteiger partial charge in [0.2, 0.25) is 11.8 Å². The van der Waals surface area contributed by atoms with E-state index in [1.807, 2.05) is 4.90 Å². The van der Waals surface area contributed by atoms with E-state index in [0.717, 1.165) is 38.2 Å². The van der Waals surface area contributed by atoms with Gasteiger partial charge in [-0.15, -0.1) is 0 Å². The molecule has 1 N–H and O–H groups in total. The highest BCUT2D eigenvalue weighted by atomic mass is 16.2. The van der Waals surface area contributed by atoms with Crippen LogP contribution in [0.3, 0.4) is 0 Å². The topological polar surface area (TPSA) is 70.5 Å². The van der Waals surface area contributed by atoms with Crippen LogP contribution in [0.2, 0.25) is 0 Å². The predicted octanol–water partition coefficient (Wildman–Crippen LogP) is 3.10. The lowest BCUT2D eigenvalue weighted by molar-refractivity contribution is -0.157. The molecule has 3 fully saturated rings. The van der Waals surface area contributed by atoms with Crippen molar-refractivity contribution in [2.45, 2.75) is 96.7 Å². The lowest BCUT2D eigenvalue weighted by Crippen LogP contribution is -2.70. The lowest BCUT2D eigenvalue weighted by Gasteiger charge is -2.50. The number of piperazine rings is 1. The molecule has 1 saturated carbocycles. The molecule has 0 unspecified atom stereocenters. The molecule has 7 nitrogen and oxygen atoms in total. The summed E-state index contributed by atoms with van der Waals surface area (Å²) in [7, 11) is 0. The van der Waals surface area contributed by atoms with Crippen molar-refractivity contribution in [2.24, 2.45) is 0 Å². The van der Waals surface area contributed by atoms with E-state index in [0.29, 0.717) is 25.4 Å². The van der Waals surface area contributed by atoms with Crippen molar-refractivity contribution in [3.05, 3.63) is 17.0 Å². The second-order valence-electron chi connectivity index (χ2n) is 9.78. The fourth-order valence-corrected chi connectivity index (χ4v) is 5.84. The van der Waals surface area contributed by atoms with Crippen LogP contribution in [-0.4, -0.2) is 63.1 Å². The molecule has 3 heterocycles. The van der Waals surface area contributed by atoms with E-state index in [1.54, 1.807) is 0 Å². The Labute approximate surface area is 186 Å². The van der Waals surface area contributed by atoms with Crippen LogP contribution in [0.5, 0.6) is 0 Å². The average Bonchev–Trinajstić information content (AvgIpc) is 3.07. The van der Waals surface area contributed by atoms with Gasteiger partial charge in [0.25, 0.3) is 0 Å². The van der Waals surface area contributed by atoms with Crippen molar-refractivity contribution in [3.8, 4) is 0 Å². The van der Waals surface area contributed by atoms with Gasteiger partial charge in [-0.1, -0.05) is 32.6 Å². The molecular formula is C24H39N5O2. The molecule has 1 aromatic rings. The normalized spacial score (nSPS) is 22.9. The molecule has 3 aliphatic rings. The van der Waals surface area contributed by atoms with E-state index in [4.69, 9.17) is 5.10 Å². The highest BCUT2D eigenvalue weighted by Gasteiger charge is 2.50. The number of carbonyl (C=O) groups is 2. The molecule has 0 aromatic carbocycles. The summed E-state index contributed by atoms with van der Waals surface area (Å²) in [4.78, 5) is 29.9. The molecule has 1 aliphatic carbocycles. The Bertz CT molecular complexity index is 803. The van der Waals surface area contributed by atoms with Crippen molar-refractivity contribution >= 4 is 11.8 Å². The number of aryl methyl sites for hydroxylation is 1. The number of hydrogen-bond acceptors (Lipinski definition) is 4. The van der Waals surface area contributed by atoms with E-state index < -0.39 is 5.54 Å². The Hall–Kier alpha value is -1.89. The van der Waals surface area contributed by atoms with Gasteiger partial charge in [-0.05, 0) is 46.0 Å².